The zero-order chi connectivity index (χ0) is 19.4. The molecule has 0 spiro atoms. The monoisotopic (exact) mass is 386 g/mol. The first-order valence-corrected chi connectivity index (χ1v) is 9.37. The number of Topliss-reactive ketones (excluding diaryl/α,β-unsaturated/α-hetero) is 1. The molecule has 6 heteroatoms. The Bertz CT molecular complexity index is 853. The third kappa shape index (κ3) is 4.25. The summed E-state index contributed by atoms with van der Waals surface area (Å²) in [6, 6.07) is 12.4. The Balaban J connectivity index is 1.71. The first kappa shape index (κ1) is 19.2. The number of likely N-dealkylation sites (tertiary alicyclic amines) is 1. The lowest BCUT2D eigenvalue weighted by molar-refractivity contribution is 0.0848. The van der Waals surface area contributed by atoms with Crippen LogP contribution in [0.3, 0.4) is 0 Å². The number of anilines is 1. The molecule has 27 heavy (non-hydrogen) atoms. The molecule has 0 aliphatic carbocycles. The fourth-order valence-corrected chi connectivity index (χ4v) is 3.56. The molecule has 1 heterocycles. The van der Waals surface area contributed by atoms with Crippen LogP contribution in [0.4, 0.5) is 10.5 Å². The summed E-state index contributed by atoms with van der Waals surface area (Å²) in [4.78, 5) is 27.3. The van der Waals surface area contributed by atoms with Crippen molar-refractivity contribution in [2.24, 2.45) is 5.92 Å². The highest BCUT2D eigenvalue weighted by Gasteiger charge is 2.30. The topological polar surface area (TPSA) is 58.6 Å². The van der Waals surface area contributed by atoms with E-state index in [4.69, 9.17) is 16.3 Å². The number of rotatable bonds is 4. The molecular formula is C21H23ClN2O3. The van der Waals surface area contributed by atoms with E-state index < -0.39 is 0 Å². The van der Waals surface area contributed by atoms with Crippen LogP contribution in [0.15, 0.2) is 42.5 Å². The molecule has 142 valence electrons. The van der Waals surface area contributed by atoms with E-state index in [0.29, 0.717) is 35.1 Å². The Morgan fingerprint density at radius 3 is 2.74 bits per heavy atom. The number of urea groups is 1. The summed E-state index contributed by atoms with van der Waals surface area (Å²) in [7, 11) is 1.56. The number of nitrogens with zero attached hydrogens (tertiary/aromatic N) is 1. The lowest BCUT2D eigenvalue weighted by Crippen LogP contribution is -2.44. The van der Waals surface area contributed by atoms with Crippen molar-refractivity contribution in [1.29, 1.82) is 0 Å². The van der Waals surface area contributed by atoms with Crippen LogP contribution in [0.5, 0.6) is 5.75 Å². The van der Waals surface area contributed by atoms with Gasteiger partial charge in [-0.15, -0.1) is 0 Å². The Morgan fingerprint density at radius 2 is 1.96 bits per heavy atom. The second kappa shape index (κ2) is 8.44. The molecule has 2 aromatic carbocycles. The Kier molecular flexibility index (Phi) is 6.01. The van der Waals surface area contributed by atoms with Crippen LogP contribution in [-0.4, -0.2) is 36.9 Å². The van der Waals surface area contributed by atoms with Gasteiger partial charge < -0.3 is 15.0 Å². The summed E-state index contributed by atoms with van der Waals surface area (Å²) >= 11 is 6.12. The number of hydrogen-bond donors (Lipinski definition) is 1. The number of amides is 2. The maximum Gasteiger partial charge on any atom is 0.321 e. The zero-order valence-electron chi connectivity index (χ0n) is 15.5. The van der Waals surface area contributed by atoms with E-state index in [1.165, 1.54) is 0 Å². The van der Waals surface area contributed by atoms with Crippen molar-refractivity contribution in [2.75, 3.05) is 25.5 Å². The number of nitrogens with one attached hydrogen (secondary N) is 1. The van der Waals surface area contributed by atoms with Gasteiger partial charge in [0.2, 0.25) is 0 Å². The molecule has 1 saturated heterocycles. The van der Waals surface area contributed by atoms with E-state index in [9.17, 15) is 9.59 Å². The smallest absolute Gasteiger partial charge is 0.321 e. The van der Waals surface area contributed by atoms with Gasteiger partial charge in [0.15, 0.2) is 5.78 Å². The number of halogens is 1. The fraction of sp³-hybridized carbons (Fsp3) is 0.333. The van der Waals surface area contributed by atoms with Crippen molar-refractivity contribution in [1.82, 2.24) is 4.90 Å². The molecule has 1 atom stereocenters. The van der Waals surface area contributed by atoms with Crippen LogP contribution in [0, 0.1) is 12.8 Å². The highest BCUT2D eigenvalue weighted by molar-refractivity contribution is 6.31. The predicted octanol–water partition coefficient (Wildman–Crippen LogP) is 4.78. The molecular weight excluding hydrogens is 364 g/mol. The first-order valence-electron chi connectivity index (χ1n) is 8.99. The van der Waals surface area contributed by atoms with E-state index in [-0.39, 0.29) is 17.7 Å². The normalized spacial score (nSPS) is 16.7. The van der Waals surface area contributed by atoms with E-state index in [1.807, 2.05) is 25.1 Å². The van der Waals surface area contributed by atoms with Crippen LogP contribution >= 0.6 is 11.6 Å². The van der Waals surface area contributed by atoms with E-state index in [2.05, 4.69) is 5.32 Å². The number of benzene rings is 2. The molecule has 1 unspecified atom stereocenters. The molecule has 5 nitrogen and oxygen atoms in total. The number of carbonyl (C=O) groups is 2. The van der Waals surface area contributed by atoms with Crippen molar-refractivity contribution < 1.29 is 14.3 Å². The minimum atomic E-state index is -0.235. The predicted molar refractivity (Wildman–Crippen MR) is 107 cm³/mol. The van der Waals surface area contributed by atoms with Gasteiger partial charge in [-0.25, -0.2) is 4.79 Å². The largest absolute Gasteiger partial charge is 0.496 e. The molecule has 1 aliphatic rings. The van der Waals surface area contributed by atoms with Crippen molar-refractivity contribution >= 4 is 29.1 Å². The number of methoxy groups -OCH3 is 1. The van der Waals surface area contributed by atoms with Crippen molar-refractivity contribution in [2.45, 2.75) is 19.8 Å². The Labute approximate surface area is 164 Å². The molecule has 3 rings (SSSR count). The van der Waals surface area contributed by atoms with Gasteiger partial charge in [-0.3, -0.25) is 4.79 Å². The lowest BCUT2D eigenvalue weighted by atomic mass is 9.89. The van der Waals surface area contributed by atoms with Crippen LogP contribution in [-0.2, 0) is 0 Å². The van der Waals surface area contributed by atoms with Gasteiger partial charge >= 0.3 is 6.03 Å². The maximum atomic E-state index is 12.9. The van der Waals surface area contributed by atoms with Gasteiger partial charge in [-0.2, -0.15) is 0 Å². The van der Waals surface area contributed by atoms with Crippen LogP contribution in [0.25, 0.3) is 0 Å². The molecule has 0 saturated carbocycles. The Hall–Kier alpha value is -2.53. The molecule has 2 amide bonds. The van der Waals surface area contributed by atoms with Gasteiger partial charge in [-0.1, -0.05) is 29.8 Å². The molecule has 1 fully saturated rings. The number of ketones is 1. The lowest BCUT2D eigenvalue weighted by Gasteiger charge is -2.32. The van der Waals surface area contributed by atoms with Gasteiger partial charge in [-0.05, 0) is 49.6 Å². The molecule has 1 N–H and O–H groups in total. The van der Waals surface area contributed by atoms with Crippen molar-refractivity contribution in [3.05, 3.63) is 58.6 Å². The summed E-state index contributed by atoms with van der Waals surface area (Å²) < 4.78 is 5.31. The third-order valence-electron chi connectivity index (χ3n) is 4.96. The van der Waals surface area contributed by atoms with Crippen LogP contribution < -0.4 is 10.1 Å². The highest BCUT2D eigenvalue weighted by atomic mass is 35.5. The average molecular weight is 387 g/mol. The van der Waals surface area contributed by atoms with E-state index >= 15 is 0 Å². The van der Waals surface area contributed by atoms with Gasteiger partial charge in [0.05, 0.1) is 12.7 Å². The summed E-state index contributed by atoms with van der Waals surface area (Å²) in [5, 5.41) is 3.52. The second-order valence-corrected chi connectivity index (χ2v) is 7.10. The number of piperidine rings is 1. The average Bonchev–Trinajstić information content (AvgIpc) is 2.71. The minimum absolute atomic E-state index is 0.0175. The molecule has 2 aromatic rings. The number of ether oxygens (including phenoxy) is 1. The van der Waals surface area contributed by atoms with Crippen LogP contribution in [0.2, 0.25) is 5.02 Å². The number of para-hydroxylation sites is 1. The maximum absolute atomic E-state index is 12.9. The van der Waals surface area contributed by atoms with E-state index in [1.54, 1.807) is 36.3 Å². The second-order valence-electron chi connectivity index (χ2n) is 6.69. The summed E-state index contributed by atoms with van der Waals surface area (Å²) in [6.07, 6.45) is 1.55. The zero-order valence-corrected chi connectivity index (χ0v) is 16.3. The Morgan fingerprint density at radius 1 is 1.19 bits per heavy atom. The molecule has 0 bridgehead atoms. The summed E-state index contributed by atoms with van der Waals surface area (Å²) in [5.74, 6) is 0.351. The SMILES string of the molecule is COc1ccccc1C(=O)C1CCCN(C(=O)Nc2cccc(Cl)c2C)C1. The first-order chi connectivity index (χ1) is 13.0. The summed E-state index contributed by atoms with van der Waals surface area (Å²) in [6.45, 7) is 2.88. The van der Waals surface area contributed by atoms with Gasteiger partial charge in [0.1, 0.15) is 5.75 Å². The summed E-state index contributed by atoms with van der Waals surface area (Å²) in [5.41, 5.74) is 2.08. The van der Waals surface area contributed by atoms with Gasteiger partial charge in [0.25, 0.3) is 0 Å². The molecule has 0 aromatic heterocycles. The van der Waals surface area contributed by atoms with Crippen molar-refractivity contribution in [3.8, 4) is 5.75 Å². The third-order valence-corrected chi connectivity index (χ3v) is 5.37. The van der Waals surface area contributed by atoms with Gasteiger partial charge in [0, 0.05) is 29.7 Å². The minimum Gasteiger partial charge on any atom is -0.496 e. The van der Waals surface area contributed by atoms with Crippen LogP contribution in [0.1, 0.15) is 28.8 Å². The highest BCUT2D eigenvalue weighted by Crippen LogP contribution is 2.27. The molecule has 0 radical (unpaired) electrons. The van der Waals surface area contributed by atoms with E-state index in [0.717, 1.165) is 18.4 Å². The molecule has 1 aliphatic heterocycles. The van der Waals surface area contributed by atoms with Crippen molar-refractivity contribution in [3.63, 3.8) is 0 Å². The fourth-order valence-electron chi connectivity index (χ4n) is 3.38. The standard InChI is InChI=1S/C21H23ClN2O3/c1-14-17(22)9-5-10-18(14)23-21(26)24-12-6-7-15(13-24)20(25)16-8-3-4-11-19(16)27-2/h3-5,8-11,15H,6-7,12-13H2,1-2H3,(H,23,26). The number of hydrogen-bond acceptors (Lipinski definition) is 3. The number of carbonyl (C=O) groups excluding carboxylic acids is 2. The quantitative estimate of drug-likeness (QED) is 0.769.